The Balaban J connectivity index is 1.90. The summed E-state index contributed by atoms with van der Waals surface area (Å²) in [6.07, 6.45) is -1.96. The zero-order chi connectivity index (χ0) is 17.7. The quantitative estimate of drug-likeness (QED) is 0.782. The van der Waals surface area contributed by atoms with Crippen LogP contribution in [0.4, 0.5) is 18.9 Å². The molecule has 2 rings (SSSR count). The van der Waals surface area contributed by atoms with Crippen LogP contribution < -0.4 is 10.6 Å². The largest absolute Gasteiger partial charge is 0.405 e. The van der Waals surface area contributed by atoms with Gasteiger partial charge in [-0.1, -0.05) is 11.6 Å². The zero-order valence-corrected chi connectivity index (χ0v) is 13.3. The molecule has 132 valence electrons. The monoisotopic (exact) mass is 364 g/mol. The van der Waals surface area contributed by atoms with Crippen LogP contribution in [-0.2, 0) is 9.59 Å². The minimum atomic E-state index is -4.46. The highest BCUT2D eigenvalue weighted by molar-refractivity contribution is 6.32. The lowest BCUT2D eigenvalue weighted by Gasteiger charge is -2.23. The lowest BCUT2D eigenvalue weighted by Crippen LogP contribution is -2.47. The van der Waals surface area contributed by atoms with Crippen molar-refractivity contribution in [2.75, 3.05) is 25.0 Å². The van der Waals surface area contributed by atoms with Crippen LogP contribution in [0.3, 0.4) is 0 Å². The van der Waals surface area contributed by atoms with E-state index in [0.29, 0.717) is 25.1 Å². The predicted molar refractivity (Wildman–Crippen MR) is 81.5 cm³/mol. The van der Waals surface area contributed by atoms with Crippen molar-refractivity contribution in [3.8, 4) is 0 Å². The van der Waals surface area contributed by atoms with Gasteiger partial charge in [0.2, 0.25) is 11.8 Å². The number of hydrogen-bond acceptors (Lipinski definition) is 4. The molecular weight excluding hydrogens is 349 g/mol. The molecule has 2 N–H and O–H groups in total. The van der Waals surface area contributed by atoms with Gasteiger partial charge in [0.15, 0.2) is 5.15 Å². The van der Waals surface area contributed by atoms with E-state index in [-0.39, 0.29) is 11.7 Å². The van der Waals surface area contributed by atoms with E-state index < -0.39 is 30.6 Å². The highest BCUT2D eigenvalue weighted by Crippen LogP contribution is 2.20. The van der Waals surface area contributed by atoms with Crippen molar-refractivity contribution in [2.24, 2.45) is 0 Å². The fraction of sp³-hybridized carbons (Fsp3) is 0.500. The minimum absolute atomic E-state index is 0.116. The molecule has 0 bridgehead atoms. The Morgan fingerprint density at radius 1 is 1.42 bits per heavy atom. The summed E-state index contributed by atoms with van der Waals surface area (Å²) >= 11 is 5.84. The molecule has 1 aromatic rings. The zero-order valence-electron chi connectivity index (χ0n) is 12.6. The van der Waals surface area contributed by atoms with Gasteiger partial charge in [0.1, 0.15) is 6.54 Å². The molecule has 1 fully saturated rings. The van der Waals surface area contributed by atoms with Crippen molar-refractivity contribution < 1.29 is 22.8 Å². The molecule has 10 heteroatoms. The lowest BCUT2D eigenvalue weighted by atomic mass is 10.2. The van der Waals surface area contributed by atoms with Crippen LogP contribution in [0.2, 0.25) is 5.15 Å². The third-order valence-electron chi connectivity index (χ3n) is 3.51. The van der Waals surface area contributed by atoms with Crippen LogP contribution in [-0.4, -0.2) is 53.6 Å². The van der Waals surface area contributed by atoms with Crippen molar-refractivity contribution in [2.45, 2.75) is 25.1 Å². The number of aromatic nitrogens is 1. The Kier molecular flexibility index (Phi) is 6.00. The van der Waals surface area contributed by atoms with Gasteiger partial charge in [0, 0.05) is 6.20 Å². The first kappa shape index (κ1) is 18.5. The number of amides is 2. The highest BCUT2D eigenvalue weighted by Gasteiger charge is 2.34. The number of likely N-dealkylation sites (tertiary alicyclic amines) is 1. The van der Waals surface area contributed by atoms with Crippen LogP contribution in [0.1, 0.15) is 12.8 Å². The Morgan fingerprint density at radius 2 is 2.17 bits per heavy atom. The number of alkyl halides is 3. The first-order valence-corrected chi connectivity index (χ1v) is 7.63. The van der Waals surface area contributed by atoms with Crippen LogP contribution in [0.25, 0.3) is 0 Å². The number of rotatable bonds is 5. The van der Waals surface area contributed by atoms with Gasteiger partial charge in [0.05, 0.1) is 18.3 Å². The Bertz CT molecular complexity index is 612. The van der Waals surface area contributed by atoms with Crippen molar-refractivity contribution in [1.82, 2.24) is 15.2 Å². The first-order valence-electron chi connectivity index (χ1n) is 7.25. The maximum atomic E-state index is 12.2. The summed E-state index contributed by atoms with van der Waals surface area (Å²) in [5.41, 5.74) is 0.335. The maximum Gasteiger partial charge on any atom is 0.405 e. The second-order valence-electron chi connectivity index (χ2n) is 5.35. The van der Waals surface area contributed by atoms with E-state index in [1.165, 1.54) is 6.20 Å². The van der Waals surface area contributed by atoms with Crippen molar-refractivity contribution >= 4 is 29.1 Å². The Morgan fingerprint density at radius 3 is 2.83 bits per heavy atom. The molecule has 1 aromatic heterocycles. The van der Waals surface area contributed by atoms with Gasteiger partial charge >= 0.3 is 6.18 Å². The van der Waals surface area contributed by atoms with Gasteiger partial charge in [-0.25, -0.2) is 4.98 Å². The van der Waals surface area contributed by atoms with E-state index in [0.717, 1.165) is 0 Å². The molecule has 24 heavy (non-hydrogen) atoms. The predicted octanol–water partition coefficient (Wildman–Crippen LogP) is 1.82. The van der Waals surface area contributed by atoms with Gasteiger partial charge in [-0.2, -0.15) is 13.2 Å². The summed E-state index contributed by atoms with van der Waals surface area (Å²) < 4.78 is 36.5. The second kappa shape index (κ2) is 7.80. The molecule has 0 saturated carbocycles. The molecule has 6 nitrogen and oxygen atoms in total. The fourth-order valence-electron chi connectivity index (χ4n) is 2.47. The topological polar surface area (TPSA) is 74.3 Å². The maximum absolute atomic E-state index is 12.2. The first-order chi connectivity index (χ1) is 11.3. The summed E-state index contributed by atoms with van der Waals surface area (Å²) in [5.74, 6) is -1.14. The Hall–Kier alpha value is -1.87. The molecule has 0 spiro atoms. The van der Waals surface area contributed by atoms with Gasteiger partial charge in [-0.3, -0.25) is 14.5 Å². The van der Waals surface area contributed by atoms with E-state index in [1.54, 1.807) is 17.0 Å². The second-order valence-corrected chi connectivity index (χ2v) is 5.71. The van der Waals surface area contributed by atoms with Crippen LogP contribution in [0, 0.1) is 0 Å². The number of nitrogens with one attached hydrogen (secondary N) is 2. The molecule has 1 saturated heterocycles. The number of hydrogen-bond donors (Lipinski definition) is 2. The molecule has 0 aromatic carbocycles. The Labute approximate surface area is 141 Å². The van der Waals surface area contributed by atoms with Gasteiger partial charge in [0.25, 0.3) is 0 Å². The van der Waals surface area contributed by atoms with Gasteiger partial charge < -0.3 is 10.6 Å². The van der Waals surface area contributed by atoms with Crippen molar-refractivity contribution in [1.29, 1.82) is 0 Å². The van der Waals surface area contributed by atoms with Gasteiger partial charge in [-0.15, -0.1) is 0 Å². The molecule has 2 amide bonds. The normalized spacial score (nSPS) is 18.4. The molecular formula is C14H16ClF3N4O2. The molecule has 1 aliphatic heterocycles. The summed E-state index contributed by atoms with van der Waals surface area (Å²) in [6, 6.07) is 2.43. The average Bonchev–Trinajstić information content (AvgIpc) is 2.94. The van der Waals surface area contributed by atoms with Crippen LogP contribution in [0.5, 0.6) is 0 Å². The van der Waals surface area contributed by atoms with Gasteiger partial charge in [-0.05, 0) is 31.5 Å². The fourth-order valence-corrected chi connectivity index (χ4v) is 2.64. The van der Waals surface area contributed by atoms with Crippen molar-refractivity contribution in [3.05, 3.63) is 23.5 Å². The summed E-state index contributed by atoms with van der Waals surface area (Å²) in [4.78, 5) is 29.3. The highest BCUT2D eigenvalue weighted by atomic mass is 35.5. The molecule has 1 unspecified atom stereocenters. The van der Waals surface area contributed by atoms with Crippen LogP contribution in [0.15, 0.2) is 18.3 Å². The number of anilines is 1. The SMILES string of the molecule is O=C(CN1CCCC1C(=O)NCC(F)(F)F)Nc1cccnc1Cl. The molecule has 0 aliphatic carbocycles. The van der Waals surface area contributed by atoms with Crippen molar-refractivity contribution in [3.63, 3.8) is 0 Å². The third-order valence-corrected chi connectivity index (χ3v) is 3.81. The molecule has 2 heterocycles. The van der Waals surface area contributed by atoms with E-state index >= 15 is 0 Å². The third kappa shape index (κ3) is 5.34. The van der Waals surface area contributed by atoms with E-state index in [2.05, 4.69) is 10.3 Å². The summed E-state index contributed by atoms with van der Waals surface area (Å²) in [7, 11) is 0. The smallest absolute Gasteiger partial charge is 0.346 e. The molecule has 0 radical (unpaired) electrons. The minimum Gasteiger partial charge on any atom is -0.346 e. The number of nitrogens with zero attached hydrogens (tertiary/aromatic N) is 2. The number of halogens is 4. The lowest BCUT2D eigenvalue weighted by molar-refractivity contribution is -0.141. The van der Waals surface area contributed by atoms with E-state index in [9.17, 15) is 22.8 Å². The summed E-state index contributed by atoms with van der Waals surface area (Å²) in [5, 5.41) is 4.56. The number of pyridine rings is 1. The standard InChI is InChI=1S/C14H16ClF3N4O2/c15-12-9(3-1-5-19-12)21-11(23)7-22-6-2-4-10(22)13(24)20-8-14(16,17)18/h1,3,5,10H,2,4,6-8H2,(H,20,24)(H,21,23). The average molecular weight is 365 g/mol. The molecule has 1 aliphatic rings. The molecule has 1 atom stereocenters. The number of carbonyl (C=O) groups excluding carboxylic acids is 2. The van der Waals surface area contributed by atoms with E-state index in [1.807, 2.05) is 5.32 Å². The number of carbonyl (C=O) groups is 2. The van der Waals surface area contributed by atoms with E-state index in [4.69, 9.17) is 11.6 Å². The summed E-state index contributed by atoms with van der Waals surface area (Å²) in [6.45, 7) is -1.04. The van der Waals surface area contributed by atoms with Crippen LogP contribution >= 0.6 is 11.6 Å².